The number of hydrogen-bond acceptors (Lipinski definition) is 4. The maximum Gasteiger partial charge on any atom is 0.237 e. The molecule has 27 heavy (non-hydrogen) atoms. The highest BCUT2D eigenvalue weighted by atomic mass is 127. The first kappa shape index (κ1) is 19.9. The highest BCUT2D eigenvalue weighted by Crippen LogP contribution is 2.31. The molecule has 0 radical (unpaired) electrons. The zero-order valence-electron chi connectivity index (χ0n) is 14.8. The molecule has 136 valence electrons. The number of halogens is 2. The Morgan fingerprint density at radius 2 is 1.81 bits per heavy atom. The molecule has 1 aromatic heterocycles. The SMILES string of the molecule is Cc1oc(N=Cc2cc(I)c(OCc3ccccc3)c(I)c2)c(C#N)c1C. The van der Waals surface area contributed by atoms with Gasteiger partial charge in [-0.05, 0) is 82.3 Å². The average molecular weight is 582 g/mol. The Kier molecular flexibility index (Phi) is 6.55. The molecule has 4 nitrogen and oxygen atoms in total. The molecule has 0 aliphatic heterocycles. The molecule has 0 aliphatic rings. The second-order valence-corrected chi connectivity index (χ2v) is 8.25. The van der Waals surface area contributed by atoms with Crippen LogP contribution in [0.5, 0.6) is 5.75 Å². The third-order valence-electron chi connectivity index (χ3n) is 4.06. The molecular weight excluding hydrogens is 566 g/mol. The number of nitrogens with zero attached hydrogens (tertiary/aromatic N) is 2. The molecule has 1 heterocycles. The Labute approximate surface area is 185 Å². The number of aliphatic imine (C=N–C) groups is 1. The van der Waals surface area contributed by atoms with Gasteiger partial charge in [-0.15, -0.1) is 0 Å². The van der Waals surface area contributed by atoms with Crippen molar-refractivity contribution in [3.63, 3.8) is 0 Å². The number of ether oxygens (including phenoxy) is 1. The van der Waals surface area contributed by atoms with E-state index in [0.717, 1.165) is 29.6 Å². The summed E-state index contributed by atoms with van der Waals surface area (Å²) in [5, 5.41) is 9.28. The van der Waals surface area contributed by atoms with E-state index in [2.05, 4.69) is 56.2 Å². The van der Waals surface area contributed by atoms with E-state index < -0.39 is 0 Å². The number of aryl methyl sites for hydroxylation is 1. The number of nitriles is 1. The van der Waals surface area contributed by atoms with Gasteiger partial charge in [-0.1, -0.05) is 30.3 Å². The number of furan rings is 1. The summed E-state index contributed by atoms with van der Waals surface area (Å²) in [5.41, 5.74) is 3.36. The van der Waals surface area contributed by atoms with E-state index in [1.54, 1.807) is 6.21 Å². The maximum absolute atomic E-state index is 9.28. The van der Waals surface area contributed by atoms with E-state index in [1.165, 1.54) is 0 Å². The summed E-state index contributed by atoms with van der Waals surface area (Å²) in [4.78, 5) is 4.37. The average Bonchev–Trinajstić information content (AvgIpc) is 2.93. The lowest BCUT2D eigenvalue weighted by Crippen LogP contribution is -2.00. The van der Waals surface area contributed by atoms with Crippen LogP contribution in [0.25, 0.3) is 0 Å². The molecule has 0 aliphatic carbocycles. The van der Waals surface area contributed by atoms with Gasteiger partial charge < -0.3 is 9.15 Å². The molecule has 0 amide bonds. The van der Waals surface area contributed by atoms with Gasteiger partial charge in [0.05, 0.1) is 7.14 Å². The normalized spacial score (nSPS) is 10.9. The fourth-order valence-corrected chi connectivity index (χ4v) is 4.61. The monoisotopic (exact) mass is 582 g/mol. The van der Waals surface area contributed by atoms with Crippen molar-refractivity contribution in [3.05, 3.63) is 77.6 Å². The summed E-state index contributed by atoms with van der Waals surface area (Å²) in [7, 11) is 0. The molecular formula is C21H16I2N2O2. The van der Waals surface area contributed by atoms with E-state index in [4.69, 9.17) is 9.15 Å². The van der Waals surface area contributed by atoms with Crippen LogP contribution < -0.4 is 4.74 Å². The lowest BCUT2D eigenvalue weighted by atomic mass is 10.2. The van der Waals surface area contributed by atoms with Crippen molar-refractivity contribution in [2.24, 2.45) is 4.99 Å². The zero-order valence-corrected chi connectivity index (χ0v) is 19.1. The quantitative estimate of drug-likeness (QED) is 0.262. The molecule has 0 fully saturated rings. The summed E-state index contributed by atoms with van der Waals surface area (Å²) in [6, 6.07) is 16.2. The van der Waals surface area contributed by atoms with Gasteiger partial charge >= 0.3 is 0 Å². The molecule has 0 bridgehead atoms. The number of benzene rings is 2. The first-order valence-electron chi connectivity index (χ1n) is 8.19. The van der Waals surface area contributed by atoms with Crippen molar-refractivity contribution in [1.29, 1.82) is 5.26 Å². The first-order chi connectivity index (χ1) is 13.0. The lowest BCUT2D eigenvalue weighted by molar-refractivity contribution is 0.302. The van der Waals surface area contributed by atoms with Gasteiger partial charge in [-0.3, -0.25) is 0 Å². The third kappa shape index (κ3) is 4.71. The van der Waals surface area contributed by atoms with Crippen LogP contribution in [-0.2, 0) is 6.61 Å². The van der Waals surface area contributed by atoms with Gasteiger partial charge in [0, 0.05) is 11.8 Å². The molecule has 0 saturated heterocycles. The predicted molar refractivity (Wildman–Crippen MR) is 123 cm³/mol. The third-order valence-corrected chi connectivity index (χ3v) is 5.66. The topological polar surface area (TPSA) is 58.5 Å². The maximum atomic E-state index is 9.28. The molecule has 0 atom stereocenters. The second kappa shape index (κ2) is 8.89. The van der Waals surface area contributed by atoms with Gasteiger partial charge in [0.2, 0.25) is 5.88 Å². The Morgan fingerprint density at radius 1 is 1.15 bits per heavy atom. The lowest BCUT2D eigenvalue weighted by Gasteiger charge is -2.11. The van der Waals surface area contributed by atoms with Crippen LogP contribution >= 0.6 is 45.2 Å². The van der Waals surface area contributed by atoms with E-state index in [9.17, 15) is 5.26 Å². The summed E-state index contributed by atoms with van der Waals surface area (Å²) in [6.45, 7) is 4.22. The Bertz CT molecular complexity index is 1010. The van der Waals surface area contributed by atoms with Crippen LogP contribution in [0.15, 0.2) is 51.9 Å². The summed E-state index contributed by atoms with van der Waals surface area (Å²) >= 11 is 4.53. The molecule has 0 N–H and O–H groups in total. The van der Waals surface area contributed by atoms with Gasteiger partial charge in [-0.25, -0.2) is 4.99 Å². The van der Waals surface area contributed by atoms with Crippen LogP contribution in [0, 0.1) is 32.3 Å². The van der Waals surface area contributed by atoms with Crippen molar-refractivity contribution in [3.8, 4) is 11.8 Å². The molecule has 2 aromatic carbocycles. The van der Waals surface area contributed by atoms with Gasteiger partial charge in [-0.2, -0.15) is 5.26 Å². The van der Waals surface area contributed by atoms with Crippen LogP contribution in [0.4, 0.5) is 5.88 Å². The van der Waals surface area contributed by atoms with Crippen molar-refractivity contribution in [2.75, 3.05) is 0 Å². The standard InChI is InChI=1S/C21H16I2N2O2/c1-13-14(2)27-21(17(13)10-24)25-11-16-8-18(22)20(19(23)9-16)26-12-15-6-4-3-5-7-15/h3-9,11H,12H2,1-2H3. The van der Waals surface area contributed by atoms with Crippen molar-refractivity contribution < 1.29 is 9.15 Å². The Hall–Kier alpha value is -1.86. The summed E-state index contributed by atoms with van der Waals surface area (Å²) in [6.07, 6.45) is 1.71. The van der Waals surface area contributed by atoms with Crippen LogP contribution in [0.3, 0.4) is 0 Å². The zero-order chi connectivity index (χ0) is 19.4. The van der Waals surface area contributed by atoms with E-state index in [1.807, 2.05) is 56.3 Å². The van der Waals surface area contributed by atoms with E-state index >= 15 is 0 Å². The highest BCUT2D eigenvalue weighted by Gasteiger charge is 2.13. The molecule has 6 heteroatoms. The molecule has 0 unspecified atom stereocenters. The molecule has 3 rings (SSSR count). The molecule has 0 spiro atoms. The summed E-state index contributed by atoms with van der Waals surface area (Å²) < 4.78 is 13.6. The van der Waals surface area contributed by atoms with Gasteiger partial charge in [0.15, 0.2) is 0 Å². The summed E-state index contributed by atoms with van der Waals surface area (Å²) in [5.74, 6) is 1.93. The smallest absolute Gasteiger partial charge is 0.237 e. The van der Waals surface area contributed by atoms with Crippen LogP contribution in [0.2, 0.25) is 0 Å². The minimum absolute atomic E-state index is 0.349. The predicted octanol–water partition coefficient (Wildman–Crippen LogP) is 6.31. The Morgan fingerprint density at radius 3 is 2.44 bits per heavy atom. The largest absolute Gasteiger partial charge is 0.487 e. The first-order valence-corrected chi connectivity index (χ1v) is 10.3. The fourth-order valence-electron chi connectivity index (χ4n) is 2.49. The minimum Gasteiger partial charge on any atom is -0.487 e. The van der Waals surface area contributed by atoms with Crippen molar-refractivity contribution in [2.45, 2.75) is 20.5 Å². The Balaban J connectivity index is 1.80. The van der Waals surface area contributed by atoms with Crippen molar-refractivity contribution >= 4 is 57.3 Å². The van der Waals surface area contributed by atoms with Gasteiger partial charge in [0.1, 0.15) is 29.7 Å². The second-order valence-electron chi connectivity index (χ2n) is 5.92. The fraction of sp³-hybridized carbons (Fsp3) is 0.143. The van der Waals surface area contributed by atoms with E-state index in [-0.39, 0.29) is 0 Å². The molecule has 3 aromatic rings. The highest BCUT2D eigenvalue weighted by molar-refractivity contribution is 14.1. The number of rotatable bonds is 5. The van der Waals surface area contributed by atoms with E-state index in [0.29, 0.717) is 23.8 Å². The minimum atomic E-state index is 0.349. The van der Waals surface area contributed by atoms with Crippen molar-refractivity contribution in [1.82, 2.24) is 0 Å². The van der Waals surface area contributed by atoms with Crippen LogP contribution in [-0.4, -0.2) is 6.21 Å². The molecule has 0 saturated carbocycles. The number of hydrogen-bond donors (Lipinski definition) is 0. The van der Waals surface area contributed by atoms with Crippen LogP contribution in [0.1, 0.15) is 28.0 Å². The van der Waals surface area contributed by atoms with Gasteiger partial charge in [0.25, 0.3) is 0 Å².